The van der Waals surface area contributed by atoms with Gasteiger partial charge in [-0.2, -0.15) is 0 Å². The van der Waals surface area contributed by atoms with Gasteiger partial charge in [0.1, 0.15) is 5.65 Å². The minimum atomic E-state index is -0.669. The Balaban J connectivity index is 1.25. The third-order valence-corrected chi connectivity index (χ3v) is 10.4. The smallest absolute Gasteiger partial charge is 0.338 e. The van der Waals surface area contributed by atoms with Gasteiger partial charge in [-0.05, 0) is 138 Å². The number of fused-ring (bicyclic) bond motifs is 4. The molecule has 3 aliphatic rings. The lowest BCUT2D eigenvalue weighted by Gasteiger charge is -2.47. The van der Waals surface area contributed by atoms with Gasteiger partial charge >= 0.3 is 5.97 Å². The predicted octanol–water partition coefficient (Wildman–Crippen LogP) is 7.64. The van der Waals surface area contributed by atoms with Crippen LogP contribution in [0.5, 0.6) is 0 Å². The van der Waals surface area contributed by atoms with Crippen LogP contribution in [0.1, 0.15) is 97.5 Å². The molecule has 2 aliphatic heterocycles. The highest BCUT2D eigenvalue weighted by Crippen LogP contribution is 2.40. The van der Waals surface area contributed by atoms with Crippen LogP contribution in [0, 0.1) is 19.8 Å². The van der Waals surface area contributed by atoms with E-state index in [0.717, 1.165) is 66.8 Å². The summed E-state index contributed by atoms with van der Waals surface area (Å²) < 4.78 is 5.11. The average Bonchev–Trinajstić information content (AvgIpc) is 3.46. The van der Waals surface area contributed by atoms with E-state index in [2.05, 4.69) is 74.1 Å². The van der Waals surface area contributed by atoms with Crippen LogP contribution >= 0.6 is 0 Å². The Bertz CT molecular complexity index is 1730. The molecular formula is C40H50N4O3. The van der Waals surface area contributed by atoms with E-state index in [1.165, 1.54) is 35.1 Å². The average molecular weight is 635 g/mol. The number of benzene rings is 2. The van der Waals surface area contributed by atoms with Crippen molar-refractivity contribution in [2.45, 2.75) is 91.0 Å². The van der Waals surface area contributed by atoms with Gasteiger partial charge in [0.25, 0.3) is 0 Å². The zero-order valence-electron chi connectivity index (χ0n) is 28.9. The van der Waals surface area contributed by atoms with E-state index < -0.39 is 5.41 Å². The first-order chi connectivity index (χ1) is 22.5. The van der Waals surface area contributed by atoms with E-state index in [1.54, 1.807) is 0 Å². The number of nitrogens with one attached hydrogen (secondary N) is 2. The van der Waals surface area contributed by atoms with Gasteiger partial charge in [-0.15, -0.1) is 0 Å². The van der Waals surface area contributed by atoms with Crippen molar-refractivity contribution < 1.29 is 14.3 Å². The van der Waals surface area contributed by atoms with Crippen molar-refractivity contribution in [3.05, 3.63) is 88.1 Å². The maximum absolute atomic E-state index is 14.1. The van der Waals surface area contributed by atoms with Gasteiger partial charge in [0.05, 0.1) is 23.3 Å². The Morgan fingerprint density at radius 2 is 1.74 bits per heavy atom. The van der Waals surface area contributed by atoms with Crippen LogP contribution in [0.2, 0.25) is 0 Å². The number of aromatic amines is 1. The summed E-state index contributed by atoms with van der Waals surface area (Å²) in [5, 5.41) is 4.77. The number of aryl methyl sites for hydroxylation is 2. The van der Waals surface area contributed by atoms with Gasteiger partial charge in [0.2, 0.25) is 5.91 Å². The number of ether oxygens (including phenoxy) is 1. The third kappa shape index (κ3) is 6.87. The standard InChI is InChI=1S/C40H50N4O3/c1-7-47-38(45)30-12-8-28(9-13-30)16-17-41-22-27(4)35-34-21-32(40(5,6)39(46)44-24-29-10-14-33(44)15-11-29)23-42-37(34)43-36(35)31-19-25(2)18-26(3)20-31/h8-9,12-13,18-21,23,27,29,33,41H,7,10-11,14-17,22,24H2,1-6H3,(H,42,43). The number of aromatic nitrogens is 2. The van der Waals surface area contributed by atoms with E-state index in [-0.39, 0.29) is 17.8 Å². The molecule has 4 aromatic rings. The fraction of sp³-hybridized carbons (Fsp3) is 0.475. The summed E-state index contributed by atoms with van der Waals surface area (Å²) >= 11 is 0. The molecule has 2 N–H and O–H groups in total. The van der Waals surface area contributed by atoms with Crippen molar-refractivity contribution in [3.8, 4) is 11.3 Å². The summed E-state index contributed by atoms with van der Waals surface area (Å²) in [5.41, 5.74) is 8.83. The number of hydrogen-bond acceptors (Lipinski definition) is 5. The normalized spacial score (nSPS) is 18.5. The molecule has 7 rings (SSSR count). The third-order valence-electron chi connectivity index (χ3n) is 10.4. The first-order valence-electron chi connectivity index (χ1n) is 17.4. The molecule has 3 fully saturated rings. The number of H-pyrrole nitrogens is 1. The Labute approximate surface area is 279 Å². The van der Waals surface area contributed by atoms with Crippen molar-refractivity contribution >= 4 is 22.9 Å². The fourth-order valence-electron chi connectivity index (χ4n) is 7.76. The van der Waals surface area contributed by atoms with Gasteiger partial charge < -0.3 is 19.9 Å². The Kier molecular flexibility index (Phi) is 9.56. The summed E-state index contributed by atoms with van der Waals surface area (Å²) in [5.74, 6) is 0.770. The number of hydrogen-bond donors (Lipinski definition) is 2. The molecule has 248 valence electrons. The molecule has 7 nitrogen and oxygen atoms in total. The van der Waals surface area contributed by atoms with Gasteiger partial charge in [0.15, 0.2) is 0 Å². The quantitative estimate of drug-likeness (QED) is 0.131. The monoisotopic (exact) mass is 634 g/mol. The van der Waals surface area contributed by atoms with Gasteiger partial charge in [0, 0.05) is 30.7 Å². The molecule has 1 aliphatic carbocycles. The lowest BCUT2D eigenvalue weighted by atomic mass is 9.76. The summed E-state index contributed by atoms with van der Waals surface area (Å²) in [6, 6.07) is 17.0. The summed E-state index contributed by atoms with van der Waals surface area (Å²) in [4.78, 5) is 36.9. The van der Waals surface area contributed by atoms with E-state index >= 15 is 0 Å². The number of amides is 1. The Morgan fingerprint density at radius 3 is 2.38 bits per heavy atom. The molecule has 2 saturated heterocycles. The van der Waals surface area contributed by atoms with E-state index in [9.17, 15) is 9.59 Å². The summed E-state index contributed by atoms with van der Waals surface area (Å²) in [6.45, 7) is 15.4. The van der Waals surface area contributed by atoms with Gasteiger partial charge in [-0.25, -0.2) is 9.78 Å². The number of piperidine rings is 2. The molecule has 2 aromatic carbocycles. The molecule has 2 bridgehead atoms. The van der Waals surface area contributed by atoms with E-state index in [1.807, 2.05) is 37.4 Å². The highest BCUT2D eigenvalue weighted by atomic mass is 16.5. The lowest BCUT2D eigenvalue weighted by molar-refractivity contribution is -0.144. The molecule has 1 amide bonds. The maximum atomic E-state index is 14.1. The van der Waals surface area contributed by atoms with E-state index in [4.69, 9.17) is 9.72 Å². The van der Waals surface area contributed by atoms with Crippen LogP contribution in [0.3, 0.4) is 0 Å². The Morgan fingerprint density at radius 1 is 1.04 bits per heavy atom. The zero-order valence-corrected chi connectivity index (χ0v) is 28.9. The molecule has 2 aromatic heterocycles. The first kappa shape index (κ1) is 33.0. The minimum absolute atomic E-state index is 0.180. The zero-order chi connectivity index (χ0) is 33.3. The topological polar surface area (TPSA) is 87.3 Å². The number of carbonyl (C=O) groups is 2. The first-order valence-corrected chi connectivity index (χ1v) is 17.4. The fourth-order valence-corrected chi connectivity index (χ4v) is 7.76. The van der Waals surface area contributed by atoms with Crippen LogP contribution in [-0.4, -0.2) is 59.0 Å². The molecule has 7 heteroatoms. The number of esters is 1. The van der Waals surface area contributed by atoms with Crippen LogP contribution in [0.15, 0.2) is 54.7 Å². The molecular weight excluding hydrogens is 584 g/mol. The molecule has 1 unspecified atom stereocenters. The number of pyridine rings is 1. The second-order valence-corrected chi connectivity index (χ2v) is 14.4. The number of nitrogens with zero attached hydrogens (tertiary/aromatic N) is 2. The minimum Gasteiger partial charge on any atom is -0.462 e. The molecule has 0 radical (unpaired) electrons. The van der Waals surface area contributed by atoms with Gasteiger partial charge in [-0.1, -0.05) is 36.2 Å². The van der Waals surface area contributed by atoms with Crippen LogP contribution in [-0.2, 0) is 21.4 Å². The number of carbonyl (C=O) groups excluding carboxylic acids is 2. The second-order valence-electron chi connectivity index (χ2n) is 14.4. The van der Waals surface area contributed by atoms with Crippen molar-refractivity contribution in [2.75, 3.05) is 26.2 Å². The highest BCUT2D eigenvalue weighted by molar-refractivity contribution is 5.93. The lowest BCUT2D eigenvalue weighted by Crippen LogP contribution is -2.55. The largest absolute Gasteiger partial charge is 0.462 e. The van der Waals surface area contributed by atoms with Crippen molar-refractivity contribution in [3.63, 3.8) is 0 Å². The maximum Gasteiger partial charge on any atom is 0.338 e. The van der Waals surface area contributed by atoms with Crippen molar-refractivity contribution in [2.24, 2.45) is 5.92 Å². The van der Waals surface area contributed by atoms with Crippen molar-refractivity contribution in [1.29, 1.82) is 0 Å². The number of rotatable bonds is 11. The van der Waals surface area contributed by atoms with Crippen LogP contribution in [0.25, 0.3) is 22.3 Å². The molecule has 1 atom stereocenters. The summed E-state index contributed by atoms with van der Waals surface area (Å²) in [7, 11) is 0. The molecule has 4 heterocycles. The van der Waals surface area contributed by atoms with Crippen LogP contribution < -0.4 is 5.32 Å². The highest BCUT2D eigenvalue weighted by Gasteiger charge is 2.42. The predicted molar refractivity (Wildman–Crippen MR) is 189 cm³/mol. The van der Waals surface area contributed by atoms with Crippen LogP contribution in [0.4, 0.5) is 0 Å². The SMILES string of the molecule is CCOC(=O)c1ccc(CCNCC(C)c2c(-c3cc(C)cc(C)c3)[nH]c3ncc(C(C)(C)C(=O)N4CC5CCC4CC5)cc23)cc1. The Hall–Kier alpha value is -3.97. The summed E-state index contributed by atoms with van der Waals surface area (Å²) in [6.07, 6.45) is 7.54. The van der Waals surface area contributed by atoms with Gasteiger partial charge in [-0.3, -0.25) is 4.79 Å². The van der Waals surface area contributed by atoms with Crippen molar-refractivity contribution in [1.82, 2.24) is 20.2 Å². The molecule has 1 saturated carbocycles. The second kappa shape index (κ2) is 13.6. The molecule has 47 heavy (non-hydrogen) atoms. The van der Waals surface area contributed by atoms with E-state index in [0.29, 0.717) is 24.1 Å². The molecule has 0 spiro atoms.